The zero-order chi connectivity index (χ0) is 14.9. The van der Waals surface area contributed by atoms with E-state index in [0.29, 0.717) is 12.1 Å². The number of nitro benzene ring substituents is 1. The van der Waals surface area contributed by atoms with E-state index >= 15 is 0 Å². The van der Waals surface area contributed by atoms with Gasteiger partial charge in [-0.25, -0.2) is 0 Å². The summed E-state index contributed by atoms with van der Waals surface area (Å²) in [6.45, 7) is 7.24. The van der Waals surface area contributed by atoms with E-state index in [1.807, 2.05) is 0 Å². The van der Waals surface area contributed by atoms with Crippen LogP contribution in [-0.2, 0) is 6.54 Å². The van der Waals surface area contributed by atoms with Crippen LogP contribution < -0.4 is 0 Å². The second-order valence-electron chi connectivity index (χ2n) is 5.95. The molecule has 5 nitrogen and oxygen atoms in total. The lowest BCUT2D eigenvalue weighted by molar-refractivity contribution is -0.387. The van der Waals surface area contributed by atoms with Gasteiger partial charge in [-0.05, 0) is 20.9 Å². The van der Waals surface area contributed by atoms with Crippen LogP contribution in [0.5, 0.6) is 0 Å². The van der Waals surface area contributed by atoms with Crippen molar-refractivity contribution in [3.05, 3.63) is 39.7 Å². The lowest BCUT2D eigenvalue weighted by Crippen LogP contribution is -2.57. The van der Waals surface area contributed by atoms with E-state index < -0.39 is 16.4 Å². The van der Waals surface area contributed by atoms with Gasteiger partial charge in [-0.15, -0.1) is 0 Å². The molecule has 0 aliphatic carbocycles. The summed E-state index contributed by atoms with van der Waals surface area (Å²) < 4.78 is 14.1. The molecule has 0 amide bonds. The van der Waals surface area contributed by atoms with Gasteiger partial charge in [-0.1, -0.05) is 12.1 Å². The molecule has 0 N–H and O–H groups in total. The van der Waals surface area contributed by atoms with E-state index in [1.165, 1.54) is 12.1 Å². The fraction of sp³-hybridized carbons (Fsp3) is 0.571. The van der Waals surface area contributed by atoms with Gasteiger partial charge >= 0.3 is 5.69 Å². The fourth-order valence-electron chi connectivity index (χ4n) is 2.55. The molecule has 1 aromatic carbocycles. The highest BCUT2D eigenvalue weighted by atomic mass is 19.1. The van der Waals surface area contributed by atoms with E-state index in [1.54, 1.807) is 6.07 Å². The first-order valence-corrected chi connectivity index (χ1v) is 6.66. The minimum absolute atomic E-state index is 0.0233. The predicted octanol–water partition coefficient (Wildman–Crippen LogP) is 2.26. The summed E-state index contributed by atoms with van der Waals surface area (Å²) in [7, 11) is 2.07. The first-order valence-electron chi connectivity index (χ1n) is 6.66. The Hall–Kier alpha value is -1.53. The van der Waals surface area contributed by atoms with Gasteiger partial charge in [-0.2, -0.15) is 4.39 Å². The quantitative estimate of drug-likeness (QED) is 0.630. The minimum atomic E-state index is -0.714. The fourth-order valence-corrected chi connectivity index (χ4v) is 2.55. The number of halogens is 1. The van der Waals surface area contributed by atoms with Crippen LogP contribution in [0.1, 0.15) is 19.4 Å². The van der Waals surface area contributed by atoms with E-state index in [-0.39, 0.29) is 5.54 Å². The highest BCUT2D eigenvalue weighted by Crippen LogP contribution is 2.24. The SMILES string of the molecule is CN1CCN(Cc2cccc([N+](=O)[O-])c2F)CC1(C)C. The molecule has 0 atom stereocenters. The van der Waals surface area contributed by atoms with Crippen molar-refractivity contribution in [3.63, 3.8) is 0 Å². The lowest BCUT2D eigenvalue weighted by Gasteiger charge is -2.45. The summed E-state index contributed by atoms with van der Waals surface area (Å²) in [6.07, 6.45) is 0. The van der Waals surface area contributed by atoms with Crippen LogP contribution in [0, 0.1) is 15.9 Å². The van der Waals surface area contributed by atoms with Crippen molar-refractivity contribution < 1.29 is 9.31 Å². The molecule has 0 radical (unpaired) electrons. The molecule has 1 aliphatic heterocycles. The highest BCUT2D eigenvalue weighted by molar-refractivity contribution is 5.36. The van der Waals surface area contributed by atoms with Crippen molar-refractivity contribution in [2.24, 2.45) is 0 Å². The van der Waals surface area contributed by atoms with Crippen LogP contribution >= 0.6 is 0 Å². The van der Waals surface area contributed by atoms with Crippen molar-refractivity contribution in [2.75, 3.05) is 26.7 Å². The molecular formula is C14H20FN3O2. The summed E-state index contributed by atoms with van der Waals surface area (Å²) >= 11 is 0. The largest absolute Gasteiger partial charge is 0.305 e. The van der Waals surface area contributed by atoms with Gasteiger partial charge in [0.15, 0.2) is 0 Å². The summed E-state index contributed by atoms with van der Waals surface area (Å²) in [5, 5.41) is 10.8. The Kier molecular flexibility index (Phi) is 4.06. The predicted molar refractivity (Wildman–Crippen MR) is 75.0 cm³/mol. The standard InChI is InChI=1S/C14H20FN3O2/c1-14(2)10-17(8-7-16(14)3)9-11-5-4-6-12(13(11)15)18(19)20/h4-6H,7-10H2,1-3H3. The molecule has 0 aromatic heterocycles. The molecule has 0 bridgehead atoms. The number of benzene rings is 1. The topological polar surface area (TPSA) is 49.6 Å². The number of rotatable bonds is 3. The van der Waals surface area contributed by atoms with Gasteiger partial charge in [0, 0.05) is 43.3 Å². The third kappa shape index (κ3) is 2.96. The van der Waals surface area contributed by atoms with Gasteiger partial charge in [0.05, 0.1) is 4.92 Å². The van der Waals surface area contributed by atoms with Gasteiger partial charge in [0.1, 0.15) is 0 Å². The number of likely N-dealkylation sites (N-methyl/N-ethyl adjacent to an activating group) is 1. The van der Waals surface area contributed by atoms with Crippen molar-refractivity contribution in [1.82, 2.24) is 9.80 Å². The third-order valence-corrected chi connectivity index (χ3v) is 4.04. The average molecular weight is 281 g/mol. The van der Waals surface area contributed by atoms with Crippen LogP contribution in [0.2, 0.25) is 0 Å². The van der Waals surface area contributed by atoms with Crippen LogP contribution in [-0.4, -0.2) is 46.9 Å². The maximum atomic E-state index is 14.1. The third-order valence-electron chi connectivity index (χ3n) is 4.04. The number of nitro groups is 1. The average Bonchev–Trinajstić information content (AvgIpc) is 2.35. The molecule has 20 heavy (non-hydrogen) atoms. The monoisotopic (exact) mass is 281 g/mol. The van der Waals surface area contributed by atoms with Gasteiger partial charge in [0.25, 0.3) is 0 Å². The van der Waals surface area contributed by atoms with Crippen LogP contribution in [0.25, 0.3) is 0 Å². The molecule has 0 unspecified atom stereocenters. The Labute approximate surface area is 118 Å². The van der Waals surface area contributed by atoms with E-state index in [0.717, 1.165) is 19.6 Å². The van der Waals surface area contributed by atoms with Gasteiger partial charge in [0.2, 0.25) is 5.82 Å². The van der Waals surface area contributed by atoms with Crippen molar-refractivity contribution >= 4 is 5.69 Å². The molecule has 6 heteroatoms. The summed E-state index contributed by atoms with van der Waals surface area (Å²) in [4.78, 5) is 14.5. The van der Waals surface area contributed by atoms with Crippen molar-refractivity contribution in [2.45, 2.75) is 25.9 Å². The smallest absolute Gasteiger partial charge is 0.299 e. The molecule has 1 heterocycles. The first-order chi connectivity index (χ1) is 9.31. The second-order valence-corrected chi connectivity index (χ2v) is 5.95. The zero-order valence-electron chi connectivity index (χ0n) is 12.1. The van der Waals surface area contributed by atoms with E-state index in [9.17, 15) is 14.5 Å². The molecular weight excluding hydrogens is 261 g/mol. The molecule has 1 saturated heterocycles. The van der Waals surface area contributed by atoms with E-state index in [2.05, 4.69) is 30.7 Å². The molecule has 1 fully saturated rings. The van der Waals surface area contributed by atoms with Crippen LogP contribution in [0.3, 0.4) is 0 Å². The van der Waals surface area contributed by atoms with Gasteiger partial charge in [-0.3, -0.25) is 19.9 Å². The van der Waals surface area contributed by atoms with Gasteiger partial charge < -0.3 is 0 Å². The summed E-state index contributed by atoms with van der Waals surface area (Å²) in [5.41, 5.74) is -0.0365. The molecule has 0 saturated carbocycles. The summed E-state index contributed by atoms with van der Waals surface area (Å²) in [5.74, 6) is -0.714. The van der Waals surface area contributed by atoms with Crippen LogP contribution in [0.4, 0.5) is 10.1 Å². The summed E-state index contributed by atoms with van der Waals surface area (Å²) in [6, 6.07) is 4.36. The molecule has 2 rings (SSSR count). The Morgan fingerprint density at radius 1 is 1.40 bits per heavy atom. The number of hydrogen-bond donors (Lipinski definition) is 0. The lowest BCUT2D eigenvalue weighted by atomic mass is 9.99. The number of nitrogens with zero attached hydrogens (tertiary/aromatic N) is 3. The maximum Gasteiger partial charge on any atom is 0.305 e. The van der Waals surface area contributed by atoms with Crippen molar-refractivity contribution in [1.29, 1.82) is 0 Å². The molecule has 1 aromatic rings. The van der Waals surface area contributed by atoms with Crippen LogP contribution in [0.15, 0.2) is 18.2 Å². The maximum absolute atomic E-state index is 14.1. The Morgan fingerprint density at radius 2 is 2.10 bits per heavy atom. The molecule has 110 valence electrons. The Bertz CT molecular complexity index is 519. The molecule has 1 aliphatic rings. The Balaban J connectivity index is 2.15. The zero-order valence-corrected chi connectivity index (χ0v) is 12.1. The number of hydrogen-bond acceptors (Lipinski definition) is 4. The van der Waals surface area contributed by atoms with Crippen molar-refractivity contribution in [3.8, 4) is 0 Å². The Morgan fingerprint density at radius 3 is 2.70 bits per heavy atom. The molecule has 0 spiro atoms. The number of piperazine rings is 1. The highest BCUT2D eigenvalue weighted by Gasteiger charge is 2.31. The first kappa shape index (κ1) is 14.9. The normalized spacial score (nSPS) is 20.0. The minimum Gasteiger partial charge on any atom is -0.299 e. The second kappa shape index (κ2) is 5.46. The van der Waals surface area contributed by atoms with E-state index in [4.69, 9.17) is 0 Å².